The lowest BCUT2D eigenvalue weighted by molar-refractivity contribution is 0.174. The number of rotatable bonds is 0. The van der Waals surface area contributed by atoms with E-state index in [-0.39, 0.29) is 6.09 Å². The fourth-order valence-electron chi connectivity index (χ4n) is 1.34. The molecule has 0 aliphatic heterocycles. The Morgan fingerprint density at radius 2 is 2.08 bits per heavy atom. The molecule has 0 saturated heterocycles. The van der Waals surface area contributed by atoms with Crippen LogP contribution in [-0.4, -0.2) is 17.8 Å². The highest BCUT2D eigenvalue weighted by Gasteiger charge is 2.06. The number of carbonyl (C=O) groups excluding carboxylic acids is 1. The minimum absolute atomic E-state index is 0.360. The van der Waals surface area contributed by atoms with Crippen LogP contribution in [0, 0.1) is 0 Å². The third-order valence-electron chi connectivity index (χ3n) is 1.97. The van der Waals surface area contributed by atoms with E-state index in [0.717, 1.165) is 10.9 Å². The van der Waals surface area contributed by atoms with E-state index in [9.17, 15) is 4.79 Å². The molecule has 1 heterocycles. The average Bonchev–Trinajstić information content (AvgIpc) is 2.60. The summed E-state index contributed by atoms with van der Waals surface area (Å²) in [6, 6.07) is 9.54. The van der Waals surface area contributed by atoms with Crippen molar-refractivity contribution >= 4 is 17.0 Å². The summed E-state index contributed by atoms with van der Waals surface area (Å²) in [7, 11) is 1.37. The van der Waals surface area contributed by atoms with Crippen molar-refractivity contribution in [3.8, 4) is 0 Å². The Kier molecular flexibility index (Phi) is 1.77. The number of hydrogen-bond acceptors (Lipinski definition) is 2. The minimum atomic E-state index is -0.360. The molecule has 0 fully saturated rings. The van der Waals surface area contributed by atoms with Gasteiger partial charge < -0.3 is 4.74 Å². The summed E-state index contributed by atoms with van der Waals surface area (Å²) in [5, 5.41) is 1.04. The Labute approximate surface area is 75.5 Å². The molecule has 0 amide bonds. The molecule has 66 valence electrons. The predicted octanol–water partition coefficient (Wildman–Crippen LogP) is 2.26. The number of nitrogens with zero attached hydrogens (tertiary/aromatic N) is 1. The maximum atomic E-state index is 11.2. The molecule has 1 aromatic heterocycles. The molecule has 1 aromatic carbocycles. The number of para-hydroxylation sites is 1. The monoisotopic (exact) mass is 175 g/mol. The zero-order chi connectivity index (χ0) is 9.26. The summed E-state index contributed by atoms with van der Waals surface area (Å²) in [4.78, 5) is 11.2. The molecule has 3 nitrogen and oxygen atoms in total. The van der Waals surface area contributed by atoms with Crippen LogP contribution in [0.15, 0.2) is 36.5 Å². The van der Waals surface area contributed by atoms with Gasteiger partial charge in [0, 0.05) is 11.6 Å². The molecule has 0 saturated carbocycles. The Bertz CT molecular complexity index is 445. The molecule has 0 spiro atoms. The molecule has 3 heteroatoms. The van der Waals surface area contributed by atoms with E-state index < -0.39 is 0 Å². The largest absolute Gasteiger partial charge is 0.452 e. The fourth-order valence-corrected chi connectivity index (χ4v) is 1.34. The van der Waals surface area contributed by atoms with Gasteiger partial charge in [-0.25, -0.2) is 4.79 Å². The topological polar surface area (TPSA) is 31.2 Å². The SMILES string of the molecule is COC(=O)n1ccc2ccccc21. The highest BCUT2D eigenvalue weighted by Crippen LogP contribution is 2.14. The number of fused-ring (bicyclic) bond motifs is 1. The van der Waals surface area contributed by atoms with E-state index in [4.69, 9.17) is 0 Å². The van der Waals surface area contributed by atoms with Crippen molar-refractivity contribution < 1.29 is 9.53 Å². The van der Waals surface area contributed by atoms with Gasteiger partial charge in [0.15, 0.2) is 0 Å². The van der Waals surface area contributed by atoms with Crippen LogP contribution >= 0.6 is 0 Å². The highest BCUT2D eigenvalue weighted by atomic mass is 16.5. The van der Waals surface area contributed by atoms with Gasteiger partial charge in [-0.2, -0.15) is 0 Å². The lowest BCUT2D eigenvalue weighted by Gasteiger charge is -2.00. The third-order valence-corrected chi connectivity index (χ3v) is 1.97. The summed E-state index contributed by atoms with van der Waals surface area (Å²) in [6.45, 7) is 0. The van der Waals surface area contributed by atoms with Gasteiger partial charge in [0.25, 0.3) is 0 Å². The molecule has 2 rings (SSSR count). The van der Waals surface area contributed by atoms with Crippen molar-refractivity contribution in [2.75, 3.05) is 7.11 Å². The van der Waals surface area contributed by atoms with E-state index >= 15 is 0 Å². The molecular weight excluding hydrogens is 166 g/mol. The van der Waals surface area contributed by atoms with Crippen LogP contribution in [0.5, 0.6) is 0 Å². The first-order valence-corrected chi connectivity index (χ1v) is 3.97. The van der Waals surface area contributed by atoms with Crippen molar-refractivity contribution in [1.29, 1.82) is 0 Å². The van der Waals surface area contributed by atoms with Gasteiger partial charge in [-0.1, -0.05) is 18.2 Å². The van der Waals surface area contributed by atoms with E-state index in [1.165, 1.54) is 11.7 Å². The molecule has 13 heavy (non-hydrogen) atoms. The van der Waals surface area contributed by atoms with Crippen molar-refractivity contribution in [2.45, 2.75) is 0 Å². The zero-order valence-electron chi connectivity index (χ0n) is 7.23. The Hall–Kier alpha value is -1.77. The maximum Gasteiger partial charge on any atom is 0.418 e. The molecule has 0 aliphatic carbocycles. The van der Waals surface area contributed by atoms with Crippen molar-refractivity contribution in [3.05, 3.63) is 36.5 Å². The highest BCUT2D eigenvalue weighted by molar-refractivity contribution is 5.89. The number of methoxy groups -OCH3 is 1. The van der Waals surface area contributed by atoms with Gasteiger partial charge >= 0.3 is 6.09 Å². The summed E-state index contributed by atoms with van der Waals surface area (Å²) in [6.07, 6.45) is 1.34. The van der Waals surface area contributed by atoms with Gasteiger partial charge in [0.1, 0.15) is 0 Å². The second-order valence-corrected chi connectivity index (χ2v) is 2.71. The van der Waals surface area contributed by atoms with Gasteiger partial charge in [-0.3, -0.25) is 4.57 Å². The van der Waals surface area contributed by atoms with Crippen molar-refractivity contribution in [3.63, 3.8) is 0 Å². The van der Waals surface area contributed by atoms with E-state index in [1.54, 1.807) is 6.20 Å². The van der Waals surface area contributed by atoms with Gasteiger partial charge in [0.05, 0.1) is 12.6 Å². The number of aromatic nitrogens is 1. The molecule has 0 atom stereocenters. The van der Waals surface area contributed by atoms with Crippen LogP contribution in [0.3, 0.4) is 0 Å². The lowest BCUT2D eigenvalue weighted by atomic mass is 10.2. The maximum absolute atomic E-state index is 11.2. The van der Waals surface area contributed by atoms with Crippen LogP contribution < -0.4 is 0 Å². The van der Waals surface area contributed by atoms with Crippen LogP contribution in [0.25, 0.3) is 10.9 Å². The number of ether oxygens (including phenoxy) is 1. The first-order valence-electron chi connectivity index (χ1n) is 3.97. The number of benzene rings is 1. The first-order chi connectivity index (χ1) is 6.33. The summed E-state index contributed by atoms with van der Waals surface area (Å²) < 4.78 is 6.11. The summed E-state index contributed by atoms with van der Waals surface area (Å²) >= 11 is 0. The van der Waals surface area contributed by atoms with Crippen LogP contribution in [-0.2, 0) is 4.74 Å². The average molecular weight is 175 g/mol. The summed E-state index contributed by atoms with van der Waals surface area (Å²) in [5.41, 5.74) is 0.870. The Balaban J connectivity index is 2.64. The molecule has 0 radical (unpaired) electrons. The van der Waals surface area contributed by atoms with Crippen LogP contribution in [0.1, 0.15) is 0 Å². The minimum Gasteiger partial charge on any atom is -0.452 e. The van der Waals surface area contributed by atoms with Crippen molar-refractivity contribution in [1.82, 2.24) is 4.57 Å². The van der Waals surface area contributed by atoms with Gasteiger partial charge in [-0.05, 0) is 12.1 Å². The molecule has 0 aliphatic rings. The fraction of sp³-hybridized carbons (Fsp3) is 0.100. The Morgan fingerprint density at radius 3 is 2.85 bits per heavy atom. The second kappa shape index (κ2) is 2.94. The Morgan fingerprint density at radius 1 is 1.31 bits per heavy atom. The van der Waals surface area contributed by atoms with Crippen LogP contribution in [0.4, 0.5) is 4.79 Å². The smallest absolute Gasteiger partial charge is 0.418 e. The molecule has 2 aromatic rings. The van der Waals surface area contributed by atoms with Gasteiger partial charge in [-0.15, -0.1) is 0 Å². The zero-order valence-corrected chi connectivity index (χ0v) is 7.23. The standard InChI is InChI=1S/C10H9NO2/c1-13-10(12)11-7-6-8-4-2-3-5-9(8)11/h2-7H,1H3. The summed E-state index contributed by atoms with van der Waals surface area (Å²) in [5.74, 6) is 0. The van der Waals surface area contributed by atoms with Gasteiger partial charge in [0.2, 0.25) is 0 Å². The first kappa shape index (κ1) is 7.86. The third kappa shape index (κ3) is 1.18. The molecule has 0 bridgehead atoms. The van der Waals surface area contributed by atoms with Crippen molar-refractivity contribution in [2.24, 2.45) is 0 Å². The number of carbonyl (C=O) groups is 1. The quantitative estimate of drug-likeness (QED) is 0.615. The molecule has 0 unspecified atom stereocenters. The second-order valence-electron chi connectivity index (χ2n) is 2.71. The normalized spacial score (nSPS) is 10.2. The number of hydrogen-bond donors (Lipinski definition) is 0. The van der Waals surface area contributed by atoms with E-state index in [2.05, 4.69) is 4.74 Å². The predicted molar refractivity (Wildman–Crippen MR) is 49.7 cm³/mol. The molecule has 0 N–H and O–H groups in total. The molecular formula is C10H9NO2. The van der Waals surface area contributed by atoms with E-state index in [0.29, 0.717) is 0 Å². The van der Waals surface area contributed by atoms with Crippen LogP contribution in [0.2, 0.25) is 0 Å². The lowest BCUT2D eigenvalue weighted by Crippen LogP contribution is -2.09. The van der Waals surface area contributed by atoms with E-state index in [1.807, 2.05) is 30.3 Å².